The van der Waals surface area contributed by atoms with Gasteiger partial charge in [0.15, 0.2) is 12.5 Å². The highest BCUT2D eigenvalue weighted by Gasteiger charge is 2.47. The molecule has 0 spiro atoms. The lowest BCUT2D eigenvalue weighted by atomic mass is 10.1. The van der Waals surface area contributed by atoms with E-state index < -0.39 is 72.5 Å². The normalized spacial score (nSPS) is 28.3. The second-order valence-electron chi connectivity index (χ2n) is 10.1. The van der Waals surface area contributed by atoms with Gasteiger partial charge < -0.3 is 45.7 Å². The van der Waals surface area contributed by atoms with Crippen molar-refractivity contribution in [1.82, 2.24) is 14.9 Å². The number of carboxylic acid groups (broad SMARTS) is 1. The van der Waals surface area contributed by atoms with Crippen LogP contribution in [0.1, 0.15) is 58.1 Å². The van der Waals surface area contributed by atoms with Gasteiger partial charge in [-0.3, -0.25) is 14.3 Å². The van der Waals surface area contributed by atoms with Gasteiger partial charge in [0.05, 0.1) is 12.2 Å². The Kier molecular flexibility index (Phi) is 14.5. The van der Waals surface area contributed by atoms with Crippen LogP contribution in [0.25, 0.3) is 0 Å². The summed E-state index contributed by atoms with van der Waals surface area (Å²) in [5, 5.41) is 41.6. The minimum absolute atomic E-state index is 0.0227. The van der Waals surface area contributed by atoms with Gasteiger partial charge in [-0.05, 0) is 13.0 Å². The summed E-state index contributed by atoms with van der Waals surface area (Å²) < 4.78 is 50.5. The van der Waals surface area contributed by atoms with E-state index in [1.165, 1.54) is 37.9 Å². The Bertz CT molecular complexity index is 1070. The third kappa shape index (κ3) is 10.7. The monoisotopic (exact) mass is 614 g/mol. The number of aliphatic hydroxyl groups is 3. The summed E-state index contributed by atoms with van der Waals surface area (Å²) in [6, 6.07) is 1.18. The van der Waals surface area contributed by atoms with Crippen molar-refractivity contribution in [2.75, 3.05) is 19.6 Å². The molecule has 0 aliphatic carbocycles. The number of carboxylic acids is 1. The van der Waals surface area contributed by atoms with Crippen LogP contribution < -0.4 is 22.3 Å². The molecule has 8 atom stereocenters. The van der Waals surface area contributed by atoms with E-state index in [0.717, 1.165) is 24.0 Å². The first-order chi connectivity index (χ1) is 19.8. The smallest absolute Gasteiger partial charge is 0.475 e. The summed E-state index contributed by atoms with van der Waals surface area (Å²) in [7, 11) is 0. The summed E-state index contributed by atoms with van der Waals surface area (Å²) in [5.41, 5.74) is 4.37. The van der Waals surface area contributed by atoms with E-state index in [9.17, 15) is 38.1 Å². The minimum atomic E-state index is -5.08. The van der Waals surface area contributed by atoms with Gasteiger partial charge in [0.25, 0.3) is 5.56 Å². The molecule has 3 rings (SSSR count). The molecule has 242 valence electrons. The number of halogens is 3. The molecule has 8 N–H and O–H groups in total. The zero-order valence-electron chi connectivity index (χ0n) is 23.2. The fourth-order valence-electron chi connectivity index (χ4n) is 4.53. The number of carbonyl (C=O) groups is 1. The quantitative estimate of drug-likeness (QED) is 0.133. The van der Waals surface area contributed by atoms with E-state index in [-0.39, 0.29) is 13.0 Å². The van der Waals surface area contributed by atoms with Crippen molar-refractivity contribution in [2.45, 2.75) is 107 Å². The zero-order chi connectivity index (χ0) is 31.4. The first-order valence-electron chi connectivity index (χ1n) is 13.8. The number of alkyl halides is 3. The van der Waals surface area contributed by atoms with Gasteiger partial charge in [-0.1, -0.05) is 39.0 Å². The Labute approximate surface area is 239 Å². The highest BCUT2D eigenvalue weighted by Crippen LogP contribution is 2.32. The molecular weight excluding hydrogens is 573 g/mol. The number of aromatic amines is 1. The molecule has 2 saturated heterocycles. The van der Waals surface area contributed by atoms with Crippen molar-refractivity contribution in [1.29, 1.82) is 0 Å². The van der Waals surface area contributed by atoms with Gasteiger partial charge in [-0.15, -0.1) is 0 Å². The summed E-state index contributed by atoms with van der Waals surface area (Å²) in [5.74, 6) is -2.76. The molecule has 17 heteroatoms. The fourth-order valence-corrected chi connectivity index (χ4v) is 4.53. The number of aliphatic carboxylic acids is 1. The summed E-state index contributed by atoms with van der Waals surface area (Å²) in [4.78, 5) is 34.6. The standard InChI is InChI=1S/C23H40N4O8.C2HF3O2/c1-2-3-4-5-6-7-9-25-13-17(35-22-20(31)19(30)16(12-24)34-22)15-11-14(28)21(33-15)27-10-8-18(29)26-23(27)32;3-2(4,5)1(6)7/h8,10,14-17,19-22,25,28,30-31H,2-7,9,11-13,24H2,1H3,(H,26,29,32);(H,6,7)/t14-,15+,16-,17+,19-,20-,21-,22+;/m1./s1. The Morgan fingerprint density at radius 1 is 1.17 bits per heavy atom. The first-order valence-corrected chi connectivity index (χ1v) is 13.8. The van der Waals surface area contributed by atoms with E-state index in [4.69, 9.17) is 29.8 Å². The number of nitrogens with two attached hydrogens (primary N) is 1. The third-order valence-electron chi connectivity index (χ3n) is 6.81. The SMILES string of the molecule is CCCCCCCCNC[C@H](O[C@@H]1O[C@H](CN)[C@@H](O)[C@H]1O)[C@@H]1C[C@@H](O)[C@H](n2ccc(=O)[nH]c2=O)O1.O=C(O)C(F)(F)F. The number of nitrogens with one attached hydrogen (secondary N) is 2. The van der Waals surface area contributed by atoms with Crippen LogP contribution in [0.3, 0.4) is 0 Å². The fraction of sp³-hybridized carbons (Fsp3) is 0.800. The molecule has 0 bridgehead atoms. The van der Waals surface area contributed by atoms with E-state index >= 15 is 0 Å². The topological polar surface area (TPSA) is 219 Å². The number of H-pyrrole nitrogens is 1. The van der Waals surface area contributed by atoms with E-state index in [1.54, 1.807) is 0 Å². The maximum absolute atomic E-state index is 12.2. The number of hydrogen-bond acceptors (Lipinski definition) is 11. The summed E-state index contributed by atoms with van der Waals surface area (Å²) in [6.45, 7) is 3.30. The Hall–Kier alpha value is -2.38. The molecule has 42 heavy (non-hydrogen) atoms. The van der Waals surface area contributed by atoms with Crippen LogP contribution in [-0.4, -0.2) is 105 Å². The molecule has 2 aliphatic rings. The number of hydrogen-bond donors (Lipinski definition) is 7. The molecule has 1 aromatic heterocycles. The molecule has 0 aromatic carbocycles. The Balaban J connectivity index is 0.000000782. The van der Waals surface area contributed by atoms with Crippen LogP contribution in [0, 0.1) is 0 Å². The molecule has 14 nitrogen and oxygen atoms in total. The lowest BCUT2D eigenvalue weighted by Crippen LogP contribution is -2.44. The summed E-state index contributed by atoms with van der Waals surface area (Å²) >= 11 is 0. The van der Waals surface area contributed by atoms with Crippen LogP contribution >= 0.6 is 0 Å². The molecule has 2 fully saturated rings. The van der Waals surface area contributed by atoms with Gasteiger partial charge in [0, 0.05) is 31.8 Å². The number of rotatable bonds is 14. The molecular formula is C25H41F3N4O10. The van der Waals surface area contributed by atoms with Gasteiger partial charge in [0.1, 0.15) is 24.4 Å². The van der Waals surface area contributed by atoms with Crippen LogP contribution in [0.2, 0.25) is 0 Å². The number of nitrogens with zero attached hydrogens (tertiary/aromatic N) is 1. The Morgan fingerprint density at radius 2 is 1.81 bits per heavy atom. The average Bonchev–Trinajstić information content (AvgIpc) is 3.43. The zero-order valence-corrected chi connectivity index (χ0v) is 23.2. The maximum atomic E-state index is 12.2. The average molecular weight is 615 g/mol. The van der Waals surface area contributed by atoms with Gasteiger partial charge in [-0.25, -0.2) is 9.59 Å². The lowest BCUT2D eigenvalue weighted by Gasteiger charge is -2.28. The van der Waals surface area contributed by atoms with Crippen molar-refractivity contribution in [3.63, 3.8) is 0 Å². The summed E-state index contributed by atoms with van der Waals surface area (Å²) in [6.07, 6.45) is -4.35. The maximum Gasteiger partial charge on any atom is 0.490 e. The molecule has 0 unspecified atom stereocenters. The minimum Gasteiger partial charge on any atom is -0.475 e. The Morgan fingerprint density at radius 3 is 2.38 bits per heavy atom. The molecule has 0 radical (unpaired) electrons. The molecule has 3 heterocycles. The van der Waals surface area contributed by atoms with Crippen molar-refractivity contribution in [2.24, 2.45) is 5.73 Å². The molecule has 2 aliphatic heterocycles. The van der Waals surface area contributed by atoms with Gasteiger partial charge >= 0.3 is 17.8 Å². The molecule has 0 saturated carbocycles. The van der Waals surface area contributed by atoms with Crippen LogP contribution in [-0.2, 0) is 19.0 Å². The van der Waals surface area contributed by atoms with Gasteiger partial charge in [0.2, 0.25) is 0 Å². The van der Waals surface area contributed by atoms with Gasteiger partial charge in [-0.2, -0.15) is 13.2 Å². The number of aromatic nitrogens is 2. The van der Waals surface area contributed by atoms with Crippen LogP contribution in [0.4, 0.5) is 13.2 Å². The lowest BCUT2D eigenvalue weighted by molar-refractivity contribution is -0.213. The first kappa shape index (κ1) is 35.8. The number of unbranched alkanes of at least 4 members (excludes halogenated alkanes) is 5. The third-order valence-corrected chi connectivity index (χ3v) is 6.81. The highest BCUT2D eigenvalue weighted by atomic mass is 19.4. The van der Waals surface area contributed by atoms with Crippen LogP contribution in [0.5, 0.6) is 0 Å². The highest BCUT2D eigenvalue weighted by molar-refractivity contribution is 5.73. The number of aliphatic hydroxyl groups excluding tert-OH is 3. The predicted molar refractivity (Wildman–Crippen MR) is 140 cm³/mol. The number of ether oxygens (including phenoxy) is 3. The molecule has 1 aromatic rings. The van der Waals surface area contributed by atoms with E-state index in [0.29, 0.717) is 6.54 Å². The largest absolute Gasteiger partial charge is 0.490 e. The van der Waals surface area contributed by atoms with Crippen molar-refractivity contribution >= 4 is 5.97 Å². The van der Waals surface area contributed by atoms with E-state index in [2.05, 4.69) is 17.2 Å². The van der Waals surface area contributed by atoms with E-state index in [1.807, 2.05) is 0 Å². The second-order valence-corrected chi connectivity index (χ2v) is 10.1. The van der Waals surface area contributed by atoms with Crippen molar-refractivity contribution in [3.05, 3.63) is 33.1 Å². The van der Waals surface area contributed by atoms with Crippen molar-refractivity contribution < 1.29 is 52.6 Å². The van der Waals surface area contributed by atoms with Crippen molar-refractivity contribution in [3.8, 4) is 0 Å². The van der Waals surface area contributed by atoms with Crippen LogP contribution in [0.15, 0.2) is 21.9 Å². The second kappa shape index (κ2) is 17.0. The molecule has 0 amide bonds. The predicted octanol–water partition coefficient (Wildman–Crippen LogP) is -0.441.